The number of hydrogen-bond acceptors (Lipinski definition) is 3. The van der Waals surface area contributed by atoms with Gasteiger partial charge >= 0.3 is 0 Å². The summed E-state index contributed by atoms with van der Waals surface area (Å²) in [6.07, 6.45) is 3.84. The lowest BCUT2D eigenvalue weighted by atomic mass is 10.0. The highest BCUT2D eigenvalue weighted by Gasteiger charge is 2.18. The fraction of sp³-hybridized carbons (Fsp3) is 0.350. The first-order valence-electron chi connectivity index (χ1n) is 8.78. The van der Waals surface area contributed by atoms with E-state index in [2.05, 4.69) is 10.2 Å². The third-order valence-corrected chi connectivity index (χ3v) is 4.80. The molecule has 1 amide bonds. The van der Waals surface area contributed by atoms with Gasteiger partial charge in [-0.25, -0.2) is 0 Å². The Bertz CT molecular complexity index is 722. The van der Waals surface area contributed by atoms with Gasteiger partial charge in [-0.3, -0.25) is 4.79 Å². The van der Waals surface area contributed by atoms with Crippen molar-refractivity contribution in [3.8, 4) is 0 Å². The average molecular weight is 431 g/mol. The van der Waals surface area contributed by atoms with Gasteiger partial charge in [-0.05, 0) is 43.0 Å². The standard InChI is InChI=1S/C20H24ClN3O.2ClH/c21-16-9-10-19(24-11-5-2-6-12-24)18(13-16)23-20(25)14-17(22)15-7-3-1-4-8-15;;/h1,3-4,7-10,13,17H,2,5-6,11-12,14,22H2,(H,23,25);2*1H. The van der Waals surface area contributed by atoms with Crippen LogP contribution in [0, 0.1) is 0 Å². The number of rotatable bonds is 5. The van der Waals surface area contributed by atoms with E-state index in [4.69, 9.17) is 17.3 Å². The predicted molar refractivity (Wildman–Crippen MR) is 119 cm³/mol. The summed E-state index contributed by atoms with van der Waals surface area (Å²) in [5.41, 5.74) is 8.92. The van der Waals surface area contributed by atoms with E-state index in [9.17, 15) is 4.79 Å². The molecule has 1 fully saturated rings. The summed E-state index contributed by atoms with van der Waals surface area (Å²) in [6.45, 7) is 2.02. The molecule has 1 aliphatic heterocycles. The Morgan fingerprint density at radius 2 is 1.74 bits per heavy atom. The summed E-state index contributed by atoms with van der Waals surface area (Å²) in [6, 6.07) is 15.0. The van der Waals surface area contributed by atoms with Crippen molar-refractivity contribution >= 4 is 53.7 Å². The first-order chi connectivity index (χ1) is 12.1. The third-order valence-electron chi connectivity index (χ3n) is 4.56. The van der Waals surface area contributed by atoms with Crippen LogP contribution in [0.5, 0.6) is 0 Å². The van der Waals surface area contributed by atoms with E-state index in [1.54, 1.807) is 0 Å². The third kappa shape index (κ3) is 6.58. The van der Waals surface area contributed by atoms with E-state index in [1.165, 1.54) is 19.3 Å². The number of benzene rings is 2. The Morgan fingerprint density at radius 1 is 1.07 bits per heavy atom. The molecule has 0 bridgehead atoms. The summed E-state index contributed by atoms with van der Waals surface area (Å²) >= 11 is 6.15. The maximum absolute atomic E-state index is 12.5. The van der Waals surface area contributed by atoms with Gasteiger partial charge in [0.15, 0.2) is 0 Å². The molecule has 1 atom stereocenters. The van der Waals surface area contributed by atoms with Crippen LogP contribution in [0.1, 0.15) is 37.3 Å². The Morgan fingerprint density at radius 3 is 2.41 bits per heavy atom. The molecule has 7 heteroatoms. The number of carbonyl (C=O) groups excluding carboxylic acids is 1. The summed E-state index contributed by atoms with van der Waals surface area (Å²) in [4.78, 5) is 14.8. The van der Waals surface area contributed by atoms with Gasteiger partial charge in [0, 0.05) is 30.6 Å². The fourth-order valence-corrected chi connectivity index (χ4v) is 3.41. The molecule has 1 saturated heterocycles. The van der Waals surface area contributed by atoms with Gasteiger partial charge in [-0.15, -0.1) is 24.8 Å². The lowest BCUT2D eigenvalue weighted by Crippen LogP contribution is -2.30. The normalized spacial score (nSPS) is 14.5. The van der Waals surface area contributed by atoms with Crippen molar-refractivity contribution in [3.05, 3.63) is 59.1 Å². The van der Waals surface area contributed by atoms with Crippen molar-refractivity contribution in [2.24, 2.45) is 5.73 Å². The number of halogens is 3. The van der Waals surface area contributed by atoms with Crippen molar-refractivity contribution in [3.63, 3.8) is 0 Å². The van der Waals surface area contributed by atoms with Crippen molar-refractivity contribution in [2.45, 2.75) is 31.7 Å². The molecule has 3 rings (SSSR count). The number of piperidine rings is 1. The SMILES string of the molecule is Cl.Cl.NC(CC(=O)Nc1cc(Cl)ccc1N1CCCCC1)c1ccccc1. The van der Waals surface area contributed by atoms with Gasteiger partial charge in [0.2, 0.25) is 5.91 Å². The topological polar surface area (TPSA) is 58.4 Å². The highest BCUT2D eigenvalue weighted by atomic mass is 35.5. The van der Waals surface area contributed by atoms with Crippen LogP contribution in [0.25, 0.3) is 0 Å². The lowest BCUT2D eigenvalue weighted by Gasteiger charge is -2.30. The molecule has 2 aromatic rings. The Balaban J connectivity index is 0.00000182. The van der Waals surface area contributed by atoms with E-state index < -0.39 is 0 Å². The molecule has 27 heavy (non-hydrogen) atoms. The lowest BCUT2D eigenvalue weighted by molar-refractivity contribution is -0.116. The van der Waals surface area contributed by atoms with E-state index in [-0.39, 0.29) is 43.2 Å². The number of anilines is 2. The molecule has 4 nitrogen and oxygen atoms in total. The molecule has 1 aliphatic rings. The van der Waals surface area contributed by atoms with E-state index in [0.717, 1.165) is 30.0 Å². The molecule has 0 aromatic heterocycles. The Kier molecular flexibility index (Phi) is 9.95. The van der Waals surface area contributed by atoms with Crippen LogP contribution < -0.4 is 16.0 Å². The second kappa shape index (κ2) is 11.4. The van der Waals surface area contributed by atoms with Crippen molar-refractivity contribution in [1.82, 2.24) is 0 Å². The monoisotopic (exact) mass is 429 g/mol. The number of nitrogens with one attached hydrogen (secondary N) is 1. The zero-order chi connectivity index (χ0) is 17.6. The van der Waals surface area contributed by atoms with Crippen LogP contribution in [0.15, 0.2) is 48.5 Å². The van der Waals surface area contributed by atoms with Crippen LogP contribution in [0.4, 0.5) is 11.4 Å². The van der Waals surface area contributed by atoms with E-state index in [0.29, 0.717) is 5.02 Å². The number of nitrogens with zero attached hydrogens (tertiary/aromatic N) is 1. The predicted octanol–water partition coefficient (Wildman–Crippen LogP) is 5.20. The van der Waals surface area contributed by atoms with E-state index >= 15 is 0 Å². The molecule has 1 unspecified atom stereocenters. The minimum Gasteiger partial charge on any atom is -0.370 e. The first-order valence-corrected chi connectivity index (χ1v) is 9.16. The zero-order valence-electron chi connectivity index (χ0n) is 15.1. The molecule has 0 radical (unpaired) electrons. The van der Waals surface area contributed by atoms with Crippen LogP contribution in [-0.2, 0) is 4.79 Å². The van der Waals surface area contributed by atoms with Gasteiger partial charge in [-0.1, -0.05) is 41.9 Å². The van der Waals surface area contributed by atoms with Crippen LogP contribution in [-0.4, -0.2) is 19.0 Å². The highest BCUT2D eigenvalue weighted by molar-refractivity contribution is 6.31. The average Bonchev–Trinajstić information content (AvgIpc) is 2.63. The number of amides is 1. The zero-order valence-corrected chi connectivity index (χ0v) is 17.5. The molecule has 2 aromatic carbocycles. The summed E-state index contributed by atoms with van der Waals surface area (Å²) in [5.74, 6) is -0.100. The minimum absolute atomic E-state index is 0. The van der Waals surface area contributed by atoms with Crippen molar-refractivity contribution in [2.75, 3.05) is 23.3 Å². The molecule has 148 valence electrons. The Hall–Kier alpha value is -1.46. The maximum Gasteiger partial charge on any atom is 0.226 e. The second-order valence-corrected chi connectivity index (χ2v) is 6.92. The molecule has 0 aliphatic carbocycles. The molecule has 3 N–H and O–H groups in total. The summed E-state index contributed by atoms with van der Waals surface area (Å²) in [7, 11) is 0. The summed E-state index contributed by atoms with van der Waals surface area (Å²) < 4.78 is 0. The van der Waals surface area contributed by atoms with Crippen molar-refractivity contribution < 1.29 is 4.79 Å². The molecular weight excluding hydrogens is 405 g/mol. The van der Waals surface area contributed by atoms with Gasteiger partial charge in [-0.2, -0.15) is 0 Å². The summed E-state index contributed by atoms with van der Waals surface area (Å²) in [5, 5.41) is 3.62. The number of nitrogens with two attached hydrogens (primary N) is 1. The maximum atomic E-state index is 12.5. The van der Waals surface area contributed by atoms with Gasteiger partial charge in [0.05, 0.1) is 11.4 Å². The van der Waals surface area contributed by atoms with Gasteiger partial charge in [0.25, 0.3) is 0 Å². The number of carbonyl (C=O) groups is 1. The fourth-order valence-electron chi connectivity index (χ4n) is 3.24. The minimum atomic E-state index is -0.321. The van der Waals surface area contributed by atoms with Gasteiger partial charge < -0.3 is 16.0 Å². The highest BCUT2D eigenvalue weighted by Crippen LogP contribution is 2.31. The van der Waals surface area contributed by atoms with Crippen LogP contribution in [0.3, 0.4) is 0 Å². The van der Waals surface area contributed by atoms with Gasteiger partial charge in [0.1, 0.15) is 0 Å². The largest absolute Gasteiger partial charge is 0.370 e. The first kappa shape index (κ1) is 23.6. The smallest absolute Gasteiger partial charge is 0.226 e. The quantitative estimate of drug-likeness (QED) is 0.685. The second-order valence-electron chi connectivity index (χ2n) is 6.48. The van der Waals surface area contributed by atoms with Crippen molar-refractivity contribution in [1.29, 1.82) is 0 Å². The van der Waals surface area contributed by atoms with E-state index in [1.807, 2.05) is 48.5 Å². The van der Waals surface area contributed by atoms with Crippen LogP contribution >= 0.6 is 36.4 Å². The molecular formula is C20H26Cl3N3O. The molecule has 1 heterocycles. The van der Waals surface area contributed by atoms with Crippen LogP contribution in [0.2, 0.25) is 5.02 Å². The molecule has 0 spiro atoms. The molecule has 0 saturated carbocycles. The Labute approximate surface area is 178 Å². The number of hydrogen-bond donors (Lipinski definition) is 2.